The minimum atomic E-state index is -0.581. The molecule has 0 saturated heterocycles. The molecule has 1 rings (SSSR count). The number of hydrogen-bond donors (Lipinski definition) is 1. The van der Waals surface area contributed by atoms with Crippen molar-refractivity contribution < 1.29 is 4.92 Å². The smallest absolute Gasteiger partial charge is 0.298 e. The van der Waals surface area contributed by atoms with Gasteiger partial charge in [-0.15, -0.1) is 0 Å². The molecule has 1 heterocycles. The average molecular weight is 218 g/mol. The van der Waals surface area contributed by atoms with Crippen molar-refractivity contribution >= 4 is 23.1 Å². The predicted molar refractivity (Wildman–Crippen MR) is 51.0 cm³/mol. The molecule has 1 aromatic rings. The van der Waals surface area contributed by atoms with Gasteiger partial charge in [-0.3, -0.25) is 15.5 Å². The molecular weight excluding hydrogens is 210 g/mol. The average Bonchev–Trinajstić information content (AvgIpc) is 2.01. The highest BCUT2D eigenvalue weighted by Gasteiger charge is 2.16. The quantitative estimate of drug-likeness (QED) is 0.461. The lowest BCUT2D eigenvalue weighted by Gasteiger charge is -2.11. The molecule has 7 nitrogen and oxygen atoms in total. The van der Waals surface area contributed by atoms with E-state index in [-0.39, 0.29) is 16.8 Å². The van der Waals surface area contributed by atoms with E-state index in [1.807, 2.05) is 0 Å². The molecule has 0 fully saturated rings. The maximum absolute atomic E-state index is 10.5. The van der Waals surface area contributed by atoms with Crippen molar-refractivity contribution in [3.63, 3.8) is 0 Å². The van der Waals surface area contributed by atoms with E-state index < -0.39 is 4.92 Å². The molecular formula is C6H8ClN5O2. The Morgan fingerprint density at radius 3 is 2.79 bits per heavy atom. The largest absolute Gasteiger partial charge is 0.330 e. The van der Waals surface area contributed by atoms with E-state index in [4.69, 9.17) is 11.6 Å². The molecule has 0 radical (unpaired) electrons. The van der Waals surface area contributed by atoms with Gasteiger partial charge in [-0.25, -0.2) is 9.99 Å². The molecule has 0 amide bonds. The molecule has 0 aliphatic heterocycles. The summed E-state index contributed by atoms with van der Waals surface area (Å²) in [6.45, 7) is 0. The molecule has 1 N–H and O–H groups in total. The minimum Gasteiger partial charge on any atom is -0.298 e. The van der Waals surface area contributed by atoms with E-state index in [0.29, 0.717) is 0 Å². The first kappa shape index (κ1) is 10.6. The zero-order valence-corrected chi connectivity index (χ0v) is 8.32. The van der Waals surface area contributed by atoms with Gasteiger partial charge in [0.1, 0.15) is 6.20 Å². The normalized spacial score (nSPS) is 10.3. The summed E-state index contributed by atoms with van der Waals surface area (Å²) in [5.74, 6) is 0.0694. The van der Waals surface area contributed by atoms with Crippen molar-refractivity contribution in [1.82, 2.24) is 15.0 Å². The maximum atomic E-state index is 10.5. The number of hydrogen-bond acceptors (Lipinski definition) is 6. The van der Waals surface area contributed by atoms with Gasteiger partial charge in [0.2, 0.25) is 11.1 Å². The lowest BCUT2D eigenvalue weighted by molar-refractivity contribution is -0.384. The Morgan fingerprint density at radius 1 is 1.64 bits per heavy atom. The third-order valence-corrected chi connectivity index (χ3v) is 1.45. The number of hydrazine groups is 1. The summed E-state index contributed by atoms with van der Waals surface area (Å²) in [5.41, 5.74) is 2.43. The highest BCUT2D eigenvalue weighted by atomic mass is 35.5. The number of halogens is 1. The topological polar surface area (TPSA) is 84.2 Å². The van der Waals surface area contributed by atoms with Gasteiger partial charge in [-0.2, -0.15) is 4.98 Å². The van der Waals surface area contributed by atoms with Crippen molar-refractivity contribution in [2.45, 2.75) is 0 Å². The van der Waals surface area contributed by atoms with Crippen molar-refractivity contribution in [2.75, 3.05) is 19.5 Å². The summed E-state index contributed by atoms with van der Waals surface area (Å²) in [6.07, 6.45) is 1.06. The second-order valence-corrected chi connectivity index (χ2v) is 2.97. The van der Waals surface area contributed by atoms with Gasteiger partial charge in [0, 0.05) is 14.1 Å². The third-order valence-electron chi connectivity index (χ3n) is 1.27. The predicted octanol–water partition coefficient (Wildman–Crippen LogP) is 0.927. The first-order chi connectivity index (χ1) is 6.50. The fraction of sp³-hybridized carbons (Fsp3) is 0.333. The second kappa shape index (κ2) is 4.16. The van der Waals surface area contributed by atoms with Crippen LogP contribution in [0.25, 0.3) is 0 Å². The lowest BCUT2D eigenvalue weighted by Crippen LogP contribution is -2.21. The van der Waals surface area contributed by atoms with Crippen molar-refractivity contribution in [3.8, 4) is 0 Å². The molecule has 0 saturated carbocycles. The van der Waals surface area contributed by atoms with Gasteiger partial charge in [-0.05, 0) is 11.6 Å². The van der Waals surface area contributed by atoms with E-state index in [9.17, 15) is 10.1 Å². The first-order valence-electron chi connectivity index (χ1n) is 3.61. The number of anilines is 1. The number of rotatable bonds is 3. The molecule has 8 heteroatoms. The number of nitrogens with one attached hydrogen (secondary N) is 1. The summed E-state index contributed by atoms with van der Waals surface area (Å²) in [5, 5.41) is 12.0. The fourth-order valence-electron chi connectivity index (χ4n) is 0.782. The van der Waals surface area contributed by atoms with Crippen LogP contribution < -0.4 is 5.43 Å². The van der Waals surface area contributed by atoms with Crippen LogP contribution in [0.3, 0.4) is 0 Å². The Bertz CT molecular complexity index is 356. The van der Waals surface area contributed by atoms with Gasteiger partial charge in [-0.1, -0.05) is 0 Å². The van der Waals surface area contributed by atoms with Crippen LogP contribution in [0, 0.1) is 10.1 Å². The van der Waals surface area contributed by atoms with Crippen LogP contribution in [-0.2, 0) is 0 Å². The molecule has 0 aliphatic carbocycles. The fourth-order valence-corrected chi connectivity index (χ4v) is 0.915. The Balaban J connectivity index is 3.09. The van der Waals surface area contributed by atoms with Crippen LogP contribution in [0.4, 0.5) is 11.5 Å². The van der Waals surface area contributed by atoms with E-state index in [2.05, 4.69) is 15.4 Å². The standard InChI is InChI=1S/C6H8ClN5O2/c1-11(2)10-5-4(12(13)14)3-8-6(7)9-5/h3H,1-2H3,(H,8,9,10). The maximum Gasteiger partial charge on any atom is 0.330 e. The van der Waals surface area contributed by atoms with E-state index >= 15 is 0 Å². The third kappa shape index (κ3) is 2.51. The van der Waals surface area contributed by atoms with Gasteiger partial charge < -0.3 is 0 Å². The highest BCUT2D eigenvalue weighted by molar-refractivity contribution is 6.28. The van der Waals surface area contributed by atoms with E-state index in [1.54, 1.807) is 14.1 Å². The summed E-state index contributed by atoms with van der Waals surface area (Å²) in [4.78, 5) is 17.2. The van der Waals surface area contributed by atoms with Crippen LogP contribution in [-0.4, -0.2) is 34.0 Å². The van der Waals surface area contributed by atoms with Crippen molar-refractivity contribution in [2.24, 2.45) is 0 Å². The summed E-state index contributed by atoms with van der Waals surface area (Å²) in [6, 6.07) is 0. The summed E-state index contributed by atoms with van der Waals surface area (Å²) < 4.78 is 0. The van der Waals surface area contributed by atoms with Gasteiger partial charge in [0.25, 0.3) is 0 Å². The number of nitrogens with zero attached hydrogens (tertiary/aromatic N) is 4. The lowest BCUT2D eigenvalue weighted by atomic mass is 10.5. The van der Waals surface area contributed by atoms with Gasteiger partial charge in [0.15, 0.2) is 0 Å². The van der Waals surface area contributed by atoms with Crippen LogP contribution in [0.2, 0.25) is 5.28 Å². The van der Waals surface area contributed by atoms with Crippen molar-refractivity contribution in [1.29, 1.82) is 0 Å². The molecule has 0 aliphatic rings. The molecule has 76 valence electrons. The Labute approximate surface area is 84.8 Å². The van der Waals surface area contributed by atoms with E-state index in [1.165, 1.54) is 5.01 Å². The minimum absolute atomic E-state index is 0.0417. The molecule has 14 heavy (non-hydrogen) atoms. The van der Waals surface area contributed by atoms with Crippen LogP contribution in [0.5, 0.6) is 0 Å². The Morgan fingerprint density at radius 2 is 2.29 bits per heavy atom. The number of nitro groups is 1. The zero-order chi connectivity index (χ0) is 10.7. The van der Waals surface area contributed by atoms with Crippen LogP contribution in [0.15, 0.2) is 6.20 Å². The monoisotopic (exact) mass is 217 g/mol. The second-order valence-electron chi connectivity index (χ2n) is 2.64. The first-order valence-corrected chi connectivity index (χ1v) is 3.99. The molecule has 1 aromatic heterocycles. The zero-order valence-electron chi connectivity index (χ0n) is 7.56. The summed E-state index contributed by atoms with van der Waals surface area (Å²) in [7, 11) is 3.36. The molecule has 0 bridgehead atoms. The van der Waals surface area contributed by atoms with Crippen LogP contribution >= 0.6 is 11.6 Å². The van der Waals surface area contributed by atoms with Crippen LogP contribution in [0.1, 0.15) is 0 Å². The Hall–Kier alpha value is -1.47. The molecule has 0 spiro atoms. The molecule has 0 unspecified atom stereocenters. The molecule has 0 aromatic carbocycles. The van der Waals surface area contributed by atoms with Gasteiger partial charge in [0.05, 0.1) is 4.92 Å². The molecule has 0 atom stereocenters. The summed E-state index contributed by atoms with van der Waals surface area (Å²) >= 11 is 5.50. The number of aromatic nitrogens is 2. The Kier molecular flexibility index (Phi) is 3.15. The van der Waals surface area contributed by atoms with E-state index in [0.717, 1.165) is 6.20 Å². The highest BCUT2D eigenvalue weighted by Crippen LogP contribution is 2.21. The SMILES string of the molecule is CN(C)Nc1nc(Cl)ncc1[N+](=O)[O-]. The van der Waals surface area contributed by atoms with Crippen molar-refractivity contribution in [3.05, 3.63) is 21.6 Å². The van der Waals surface area contributed by atoms with Gasteiger partial charge >= 0.3 is 5.69 Å².